The van der Waals surface area contributed by atoms with E-state index in [1.165, 1.54) is 70.2 Å². The molecule has 0 aliphatic carbocycles. The first-order valence-electron chi connectivity index (χ1n) is 34.4. The summed E-state index contributed by atoms with van der Waals surface area (Å²) < 4.78 is 0. The summed E-state index contributed by atoms with van der Waals surface area (Å²) in [4.78, 5) is 192. The van der Waals surface area contributed by atoms with Crippen molar-refractivity contribution >= 4 is 93.8 Å². The van der Waals surface area contributed by atoms with E-state index in [0.717, 1.165) is 5.52 Å². The van der Waals surface area contributed by atoms with Crippen LogP contribution >= 0.6 is 0 Å². The van der Waals surface area contributed by atoms with Crippen LogP contribution in [0.15, 0.2) is 84.0 Å². The molecule has 0 unspecified atom stereocenters. The first-order chi connectivity index (χ1) is 49.5. The van der Waals surface area contributed by atoms with Crippen molar-refractivity contribution in [1.29, 1.82) is 0 Å². The smallest absolute Gasteiger partial charge is 0.326 e. The monoisotopic (exact) mass is 1450 g/mol. The molecule has 3 saturated heterocycles. The second kappa shape index (κ2) is 37.8. The second-order valence-corrected chi connectivity index (χ2v) is 26.4. The molecule has 35 nitrogen and oxygen atoms in total. The van der Waals surface area contributed by atoms with Crippen molar-refractivity contribution in [3.05, 3.63) is 95.7 Å². The highest BCUT2D eigenvalue weighted by atomic mass is 16.4. The topological polar surface area (TPSA) is 555 Å². The van der Waals surface area contributed by atoms with Gasteiger partial charge in [-0.05, 0) is 118 Å². The van der Waals surface area contributed by atoms with Gasteiger partial charge in [0.05, 0.1) is 13.2 Å². The minimum absolute atomic E-state index is 0.00574. The van der Waals surface area contributed by atoms with E-state index >= 15 is 4.79 Å². The van der Waals surface area contributed by atoms with Crippen LogP contribution < -0.4 is 59.7 Å². The molecule has 11 amide bonds. The van der Waals surface area contributed by atoms with Crippen LogP contribution in [-0.2, 0) is 81.6 Å². The standard InChI is InChI=1S/C69H94N16O19/c1-36(2)56(68(103)104)82-57(92)37(3)75-59(94)46(12-6-26-73-69(71)72)76-60(95)47(24-25-55(90)91)77-64(99)52-13-7-27-83(52)66(101)54-15-9-29-85(54)67(102)53-14-8-28-84(53)65(100)50(31-39-18-22-42(89)23-19-39)80-63(98)51(35-87)81-61(96)48(30-38-16-20-41(88)21-17-38)79-62(97)49(78-58(93)44(70)34-86)32-40-33-74-45-11-5-4-10-43(40)45/h4-5,10-11,16-23,33,36-37,44,46-54,56,74,86-89H,6-9,12-15,24-32,34-35,70H2,1-3H3,(H,75,94)(H,76,95)(H,77,99)(H,78,93)(H,79,97)(H,80,98)(H,81,96)(H,82,92)(H,90,91)(H,103,104)(H4,71,72,73)/t37-,44-,46-,47-,48-,49-,50-,51-,52-,53-,54-,56-/m0/s1. The zero-order valence-electron chi connectivity index (χ0n) is 58.0. The fourth-order valence-electron chi connectivity index (χ4n) is 12.7. The molecule has 0 saturated carbocycles. The number of nitrogens with two attached hydrogens (primary N) is 3. The Morgan fingerprint density at radius 1 is 0.538 bits per heavy atom. The molecule has 3 fully saturated rings. The molecule has 7 rings (SSSR count). The summed E-state index contributed by atoms with van der Waals surface area (Å²) in [6.45, 7) is 2.67. The predicted octanol–water partition coefficient (Wildman–Crippen LogP) is -3.55. The predicted molar refractivity (Wildman–Crippen MR) is 372 cm³/mol. The number of hydrogen-bond acceptors (Lipinski definition) is 19. The SMILES string of the molecule is CC(C)[C@H](NC(=O)[C@H](C)NC(=O)[C@H](CCCN=C(N)N)NC(=O)[C@H](CCC(=O)O)NC(=O)[C@@H]1CCCN1C(=O)[C@@H]1CCCN1C(=O)[C@@H]1CCCN1C(=O)[C@H](Cc1ccc(O)cc1)NC(=O)[C@H](CO)NC(=O)[C@H](Cc1ccc(O)cc1)NC(=O)[C@H](Cc1c[nH]c2ccccc12)NC(=O)[C@@H](N)CO)C(=O)O. The van der Waals surface area contributed by atoms with E-state index in [2.05, 4.69) is 52.5 Å². The van der Waals surface area contributed by atoms with Gasteiger partial charge in [0.2, 0.25) is 65.0 Å². The molecule has 3 aromatic carbocycles. The minimum Gasteiger partial charge on any atom is -0.508 e. The number of guanidine groups is 1. The van der Waals surface area contributed by atoms with Crippen LogP contribution in [0, 0.1) is 5.92 Å². The first kappa shape index (κ1) is 80.4. The number of phenols is 2. The van der Waals surface area contributed by atoms with Crippen LogP contribution in [0.3, 0.4) is 0 Å². The van der Waals surface area contributed by atoms with Gasteiger partial charge in [-0.15, -0.1) is 0 Å². The zero-order chi connectivity index (χ0) is 76.1. The van der Waals surface area contributed by atoms with Gasteiger partial charge < -0.3 is 110 Å². The quantitative estimate of drug-likeness (QED) is 0.0119. The summed E-state index contributed by atoms with van der Waals surface area (Å²) in [7, 11) is 0. The van der Waals surface area contributed by atoms with Crippen molar-refractivity contribution < 1.29 is 93.0 Å². The minimum atomic E-state index is -1.81. The maximum atomic E-state index is 15.1. The molecule has 0 radical (unpaired) electrons. The molecule has 3 aliphatic rings. The number of likely N-dealkylation sites (tertiary alicyclic amines) is 3. The second-order valence-electron chi connectivity index (χ2n) is 26.4. The summed E-state index contributed by atoms with van der Waals surface area (Å²) in [6, 6.07) is 1.42. The van der Waals surface area contributed by atoms with E-state index in [0.29, 0.717) is 34.9 Å². The van der Waals surface area contributed by atoms with Crippen LogP contribution in [-0.4, -0.2) is 245 Å². The Bertz CT molecular complexity index is 3770. The number of carbonyl (C=O) groups is 13. The number of nitrogens with one attached hydrogen (secondary N) is 9. The summed E-state index contributed by atoms with van der Waals surface area (Å²) >= 11 is 0. The van der Waals surface area contributed by atoms with Gasteiger partial charge >= 0.3 is 11.9 Å². The summed E-state index contributed by atoms with van der Waals surface area (Å²) in [6.07, 6.45) is 1.01. The molecule has 0 bridgehead atoms. The number of aliphatic hydroxyl groups is 2. The number of carbonyl (C=O) groups excluding carboxylic acids is 11. The Labute approximate surface area is 598 Å². The molecular formula is C69H94N16O19. The molecule has 3 aliphatic heterocycles. The molecule has 12 atom stereocenters. The van der Waals surface area contributed by atoms with Crippen molar-refractivity contribution in [3.63, 3.8) is 0 Å². The number of aromatic amines is 1. The van der Waals surface area contributed by atoms with E-state index in [1.54, 1.807) is 44.3 Å². The van der Waals surface area contributed by atoms with Crippen LogP contribution in [0.25, 0.3) is 10.9 Å². The Morgan fingerprint density at radius 2 is 1.02 bits per heavy atom. The van der Waals surface area contributed by atoms with Crippen LogP contribution in [0.1, 0.15) is 102 Å². The lowest BCUT2D eigenvalue weighted by Gasteiger charge is -2.35. The molecule has 4 aromatic rings. The van der Waals surface area contributed by atoms with Crippen molar-refractivity contribution in [2.24, 2.45) is 28.1 Å². The number of carboxylic acids is 2. The third-order valence-corrected chi connectivity index (χ3v) is 18.4. The summed E-state index contributed by atoms with van der Waals surface area (Å²) in [5.74, 6) is -13.2. The van der Waals surface area contributed by atoms with E-state index in [4.69, 9.17) is 17.2 Å². The number of amides is 11. The molecule has 4 heterocycles. The Kier molecular flexibility index (Phi) is 29.2. The average Bonchev–Trinajstić information content (AvgIpc) is 1.59. The fourth-order valence-corrected chi connectivity index (χ4v) is 12.7. The van der Waals surface area contributed by atoms with Gasteiger partial charge in [0, 0.05) is 69.0 Å². The number of benzene rings is 3. The number of carboxylic acid groups (broad SMARTS) is 2. The molecule has 1 aromatic heterocycles. The Hall–Kier alpha value is -10.9. The van der Waals surface area contributed by atoms with E-state index < -0.39 is 181 Å². The van der Waals surface area contributed by atoms with E-state index in [1.807, 2.05) is 0 Å². The number of aliphatic hydroxyl groups excluding tert-OH is 2. The highest BCUT2D eigenvalue weighted by Crippen LogP contribution is 2.30. The van der Waals surface area contributed by atoms with Gasteiger partial charge in [-0.25, -0.2) is 4.79 Å². The average molecular weight is 1450 g/mol. The van der Waals surface area contributed by atoms with Crippen molar-refractivity contribution in [2.75, 3.05) is 39.4 Å². The molecule has 0 spiro atoms. The maximum absolute atomic E-state index is 15.1. The molecule has 21 N–H and O–H groups in total. The van der Waals surface area contributed by atoms with E-state index in [-0.39, 0.29) is 101 Å². The molecule has 564 valence electrons. The van der Waals surface area contributed by atoms with Gasteiger partial charge in [-0.3, -0.25) is 62.5 Å². The highest BCUT2D eigenvalue weighted by molar-refractivity contribution is 6.00. The molecule has 104 heavy (non-hydrogen) atoms. The number of phenolic OH excluding ortho intramolecular Hbond substituents is 2. The number of aliphatic carboxylic acids is 2. The maximum Gasteiger partial charge on any atom is 0.326 e. The lowest BCUT2D eigenvalue weighted by molar-refractivity contribution is -0.151. The van der Waals surface area contributed by atoms with Gasteiger partial charge in [0.25, 0.3) is 0 Å². The largest absolute Gasteiger partial charge is 0.508 e. The fraction of sp³-hybridized carbons (Fsp3) is 0.507. The van der Waals surface area contributed by atoms with Gasteiger partial charge in [-0.2, -0.15) is 0 Å². The van der Waals surface area contributed by atoms with Crippen LogP contribution in [0.2, 0.25) is 0 Å². The first-order valence-corrected chi connectivity index (χ1v) is 34.4. The normalized spacial score (nSPS) is 18.3. The zero-order valence-corrected chi connectivity index (χ0v) is 58.0. The number of aromatic nitrogens is 1. The highest BCUT2D eigenvalue weighted by Gasteiger charge is 2.47. The number of rotatable bonds is 36. The lowest BCUT2D eigenvalue weighted by atomic mass is 10.0. The van der Waals surface area contributed by atoms with Crippen molar-refractivity contribution in [1.82, 2.24) is 62.2 Å². The number of H-pyrrole nitrogens is 1. The van der Waals surface area contributed by atoms with E-state index in [9.17, 15) is 88.2 Å². The number of fused-ring (bicyclic) bond motifs is 1. The number of para-hydroxylation sites is 1. The lowest BCUT2D eigenvalue weighted by Crippen LogP contribution is -2.61. The number of aliphatic imine (C=N–C) groups is 1. The Morgan fingerprint density at radius 3 is 1.59 bits per heavy atom. The van der Waals surface area contributed by atoms with Crippen LogP contribution in [0.4, 0.5) is 0 Å². The molecule has 35 heteroatoms. The van der Waals surface area contributed by atoms with Crippen LogP contribution in [0.5, 0.6) is 11.5 Å². The van der Waals surface area contributed by atoms with Gasteiger partial charge in [0.1, 0.15) is 84.0 Å². The third-order valence-electron chi connectivity index (χ3n) is 18.4. The Balaban J connectivity index is 1.06. The van der Waals surface area contributed by atoms with Crippen molar-refractivity contribution in [2.45, 2.75) is 177 Å². The number of hydrogen-bond donors (Lipinski definition) is 18. The summed E-state index contributed by atoms with van der Waals surface area (Å²) in [5, 5.41) is 81.0. The summed E-state index contributed by atoms with van der Waals surface area (Å²) in [5.41, 5.74) is 18.9. The van der Waals surface area contributed by atoms with Gasteiger partial charge in [-0.1, -0.05) is 56.3 Å². The third kappa shape index (κ3) is 22.0. The van der Waals surface area contributed by atoms with Crippen molar-refractivity contribution in [3.8, 4) is 11.5 Å². The number of nitrogens with zero attached hydrogens (tertiary/aromatic N) is 4. The number of aromatic hydroxyl groups is 2. The molecular weight excluding hydrogens is 1360 g/mol. The van der Waals surface area contributed by atoms with Gasteiger partial charge in [0.15, 0.2) is 5.96 Å².